The van der Waals surface area contributed by atoms with Crippen molar-refractivity contribution in [3.05, 3.63) is 65.4 Å². The van der Waals surface area contributed by atoms with Gasteiger partial charge in [0, 0.05) is 35.5 Å². The van der Waals surface area contributed by atoms with Crippen LogP contribution in [-0.4, -0.2) is 40.9 Å². The van der Waals surface area contributed by atoms with E-state index in [1.165, 1.54) is 0 Å². The van der Waals surface area contributed by atoms with E-state index in [1.807, 2.05) is 53.4 Å². The Balaban J connectivity index is 1.56. The number of carbonyl (C=O) groups is 2. The molecule has 2 amide bonds. The highest BCUT2D eigenvalue weighted by Crippen LogP contribution is 2.42. The van der Waals surface area contributed by atoms with Crippen LogP contribution in [0.15, 0.2) is 48.5 Å². The number of hydrogen-bond acceptors (Lipinski definition) is 3. The van der Waals surface area contributed by atoms with Gasteiger partial charge in [0.25, 0.3) is 0 Å². The lowest BCUT2D eigenvalue weighted by molar-refractivity contribution is -0.153. The number of ether oxygens (including phenoxy) is 1. The van der Waals surface area contributed by atoms with E-state index in [9.17, 15) is 9.59 Å². The van der Waals surface area contributed by atoms with Crippen LogP contribution in [0.3, 0.4) is 0 Å². The van der Waals surface area contributed by atoms with Crippen LogP contribution >= 0.6 is 0 Å². The highest BCUT2D eigenvalue weighted by molar-refractivity contribution is 5.99. The molecule has 2 N–H and O–H groups in total. The molecule has 3 atom stereocenters. The first-order chi connectivity index (χ1) is 15.5. The molecular formula is C26H29N3O3. The number of methoxy groups -OCH3 is 1. The molecule has 1 fully saturated rings. The summed E-state index contributed by atoms with van der Waals surface area (Å²) in [4.78, 5) is 32.4. The maximum Gasteiger partial charge on any atom is 0.246 e. The van der Waals surface area contributed by atoms with Crippen LogP contribution in [0.2, 0.25) is 0 Å². The van der Waals surface area contributed by atoms with Gasteiger partial charge in [-0.3, -0.25) is 9.59 Å². The van der Waals surface area contributed by atoms with Gasteiger partial charge < -0.3 is 19.9 Å². The molecule has 0 spiro atoms. The Labute approximate surface area is 187 Å². The fourth-order valence-electron chi connectivity index (χ4n) is 5.24. The Morgan fingerprint density at radius 3 is 2.62 bits per heavy atom. The van der Waals surface area contributed by atoms with Crippen LogP contribution in [0.4, 0.5) is 0 Å². The van der Waals surface area contributed by atoms with Crippen molar-refractivity contribution in [2.24, 2.45) is 5.92 Å². The van der Waals surface area contributed by atoms with Crippen molar-refractivity contribution in [3.8, 4) is 5.75 Å². The number of benzene rings is 2. The number of nitrogens with one attached hydrogen (secondary N) is 2. The predicted molar refractivity (Wildman–Crippen MR) is 123 cm³/mol. The summed E-state index contributed by atoms with van der Waals surface area (Å²) in [7, 11) is 1.65. The van der Waals surface area contributed by atoms with Crippen LogP contribution < -0.4 is 10.1 Å². The Kier molecular flexibility index (Phi) is 5.16. The van der Waals surface area contributed by atoms with E-state index in [-0.39, 0.29) is 17.9 Å². The van der Waals surface area contributed by atoms with Crippen molar-refractivity contribution >= 4 is 22.7 Å². The first-order valence-electron chi connectivity index (χ1n) is 11.3. The molecule has 6 heteroatoms. The number of aromatic nitrogens is 1. The molecule has 0 unspecified atom stereocenters. The van der Waals surface area contributed by atoms with E-state index in [0.29, 0.717) is 18.8 Å². The molecule has 3 aromatic rings. The highest BCUT2D eigenvalue weighted by atomic mass is 16.5. The summed E-state index contributed by atoms with van der Waals surface area (Å²) in [5, 5.41) is 4.11. The van der Waals surface area contributed by atoms with Gasteiger partial charge in [-0.2, -0.15) is 0 Å². The number of amides is 2. The largest absolute Gasteiger partial charge is 0.497 e. The lowest BCUT2D eigenvalue weighted by Gasteiger charge is -2.46. The summed E-state index contributed by atoms with van der Waals surface area (Å²) in [6.07, 6.45) is 1.82. The second-order valence-corrected chi connectivity index (χ2v) is 9.29. The lowest BCUT2D eigenvalue weighted by atomic mass is 9.84. The Morgan fingerprint density at radius 1 is 1.12 bits per heavy atom. The van der Waals surface area contributed by atoms with Gasteiger partial charge in [0.15, 0.2) is 0 Å². The highest BCUT2D eigenvalue weighted by Gasteiger charge is 2.48. The van der Waals surface area contributed by atoms with Crippen molar-refractivity contribution in [3.63, 3.8) is 0 Å². The first kappa shape index (κ1) is 20.6. The zero-order valence-corrected chi connectivity index (χ0v) is 18.7. The van der Waals surface area contributed by atoms with Gasteiger partial charge in [0.1, 0.15) is 17.8 Å². The number of rotatable bonds is 5. The molecule has 5 rings (SSSR count). The summed E-state index contributed by atoms with van der Waals surface area (Å²) in [5.41, 5.74) is 4.22. The van der Waals surface area contributed by atoms with Gasteiger partial charge in [-0.15, -0.1) is 0 Å². The third kappa shape index (κ3) is 3.44. The van der Waals surface area contributed by atoms with Gasteiger partial charge in [-0.05, 0) is 35.6 Å². The minimum atomic E-state index is -0.540. The molecule has 2 aliphatic rings. The third-order valence-corrected chi connectivity index (χ3v) is 6.70. The van der Waals surface area contributed by atoms with Crippen molar-refractivity contribution in [1.82, 2.24) is 15.2 Å². The van der Waals surface area contributed by atoms with E-state index < -0.39 is 12.1 Å². The average molecular weight is 432 g/mol. The summed E-state index contributed by atoms with van der Waals surface area (Å²) >= 11 is 0. The first-order valence-corrected chi connectivity index (χ1v) is 11.3. The van der Waals surface area contributed by atoms with Crippen LogP contribution in [-0.2, 0) is 22.4 Å². The Morgan fingerprint density at radius 2 is 1.91 bits per heavy atom. The predicted octanol–water partition coefficient (Wildman–Crippen LogP) is 3.76. The smallest absolute Gasteiger partial charge is 0.246 e. The number of hydrogen-bond donors (Lipinski definition) is 2. The molecule has 32 heavy (non-hydrogen) atoms. The fourth-order valence-corrected chi connectivity index (χ4v) is 5.24. The number of nitrogens with zero attached hydrogens (tertiary/aromatic N) is 1. The van der Waals surface area contributed by atoms with Crippen molar-refractivity contribution < 1.29 is 14.3 Å². The van der Waals surface area contributed by atoms with Crippen LogP contribution in [0, 0.1) is 5.92 Å². The molecule has 0 saturated carbocycles. The van der Waals surface area contributed by atoms with Gasteiger partial charge in [0.2, 0.25) is 11.8 Å². The molecule has 3 heterocycles. The van der Waals surface area contributed by atoms with Crippen molar-refractivity contribution in [2.75, 3.05) is 7.11 Å². The second kappa shape index (κ2) is 8.01. The van der Waals surface area contributed by atoms with Gasteiger partial charge in [-0.1, -0.05) is 44.2 Å². The maximum atomic E-state index is 13.7. The quantitative estimate of drug-likeness (QED) is 0.646. The maximum absolute atomic E-state index is 13.7. The van der Waals surface area contributed by atoms with Crippen molar-refractivity contribution in [2.45, 2.75) is 51.2 Å². The number of aromatic amines is 1. The second-order valence-electron chi connectivity index (χ2n) is 9.29. The van der Waals surface area contributed by atoms with Crippen LogP contribution in [0.1, 0.15) is 43.1 Å². The number of piperazine rings is 1. The number of H-pyrrole nitrogens is 1. The van der Waals surface area contributed by atoms with Crippen LogP contribution in [0.25, 0.3) is 10.9 Å². The zero-order chi connectivity index (χ0) is 22.4. The van der Waals surface area contributed by atoms with Gasteiger partial charge in [-0.25, -0.2) is 0 Å². The summed E-state index contributed by atoms with van der Waals surface area (Å²) in [6, 6.07) is 14.7. The Bertz CT molecular complexity index is 1170. The molecule has 1 saturated heterocycles. The monoisotopic (exact) mass is 431 g/mol. The molecule has 2 aromatic carbocycles. The molecule has 0 bridgehead atoms. The molecule has 166 valence electrons. The number of carbonyl (C=O) groups excluding carboxylic acids is 2. The summed E-state index contributed by atoms with van der Waals surface area (Å²) in [6.45, 7) is 4.32. The molecule has 2 aliphatic heterocycles. The van der Waals surface area contributed by atoms with E-state index in [1.54, 1.807) is 7.11 Å². The van der Waals surface area contributed by atoms with E-state index >= 15 is 0 Å². The minimum absolute atomic E-state index is 0.00555. The van der Waals surface area contributed by atoms with E-state index in [2.05, 4.69) is 24.1 Å². The van der Waals surface area contributed by atoms with Gasteiger partial charge in [0.05, 0.1) is 13.2 Å². The van der Waals surface area contributed by atoms with Crippen molar-refractivity contribution in [1.29, 1.82) is 0 Å². The molecule has 6 nitrogen and oxygen atoms in total. The third-order valence-electron chi connectivity index (χ3n) is 6.70. The normalized spacial score (nSPS) is 22.6. The number of fused-ring (bicyclic) bond motifs is 4. The standard InChI is InChI=1S/C26H29N3O3/c1-15(2)11-22-24-19(18-10-9-17(32-3)13-20(18)27-24)14-23-25(30)28-21(26(31)29(22)23)12-16-7-5-4-6-8-16/h4-10,13,15,21-23,27H,11-12,14H2,1-3H3,(H,28,30)/t21-,22-,23-/m0/s1. The topological polar surface area (TPSA) is 74.4 Å². The van der Waals surface area contributed by atoms with Crippen LogP contribution in [0.5, 0.6) is 5.75 Å². The SMILES string of the molecule is COc1ccc2c3c([nH]c2c1)[C@H](CC(C)C)N1C(=O)[C@H](Cc2ccccc2)NC(=O)[C@@H]1C3. The molecule has 0 radical (unpaired) electrons. The van der Waals surface area contributed by atoms with E-state index in [4.69, 9.17) is 4.74 Å². The fraction of sp³-hybridized carbons (Fsp3) is 0.385. The minimum Gasteiger partial charge on any atom is -0.497 e. The molecule has 1 aromatic heterocycles. The average Bonchev–Trinajstić information content (AvgIpc) is 3.15. The molecule has 0 aliphatic carbocycles. The lowest BCUT2D eigenvalue weighted by Crippen LogP contribution is -2.66. The zero-order valence-electron chi connectivity index (χ0n) is 18.7. The Hall–Kier alpha value is -3.28. The summed E-state index contributed by atoms with van der Waals surface area (Å²) in [5.74, 6) is 1.10. The van der Waals surface area contributed by atoms with Gasteiger partial charge >= 0.3 is 0 Å². The summed E-state index contributed by atoms with van der Waals surface area (Å²) < 4.78 is 5.40. The van der Waals surface area contributed by atoms with E-state index in [0.717, 1.165) is 39.9 Å². The molecular weight excluding hydrogens is 402 g/mol.